The van der Waals surface area contributed by atoms with Crippen molar-refractivity contribution in [3.8, 4) is 5.75 Å². The Morgan fingerprint density at radius 1 is 1.29 bits per heavy atom. The number of aromatic nitrogens is 2. The monoisotopic (exact) mass is 304 g/mol. The van der Waals surface area contributed by atoms with E-state index >= 15 is 0 Å². The van der Waals surface area contributed by atoms with E-state index in [9.17, 15) is 22.7 Å². The van der Waals surface area contributed by atoms with Gasteiger partial charge in [-0.05, 0) is 23.8 Å². The molecule has 4 nitrogen and oxygen atoms in total. The van der Waals surface area contributed by atoms with Crippen LogP contribution >= 0.6 is 0 Å². The van der Waals surface area contributed by atoms with Gasteiger partial charge in [0.1, 0.15) is 17.6 Å². The summed E-state index contributed by atoms with van der Waals surface area (Å²) in [4.78, 5) is 0. The highest BCUT2D eigenvalue weighted by Crippen LogP contribution is 2.34. The molecular weight excluding hydrogens is 292 g/mol. The van der Waals surface area contributed by atoms with Gasteiger partial charge in [0.15, 0.2) is 5.75 Å². The van der Waals surface area contributed by atoms with E-state index in [0.29, 0.717) is 12.1 Å². The number of aryl methyl sites for hydroxylation is 1. The molecule has 0 saturated carbocycles. The molecule has 0 bridgehead atoms. The van der Waals surface area contributed by atoms with Crippen LogP contribution in [0.15, 0.2) is 24.4 Å². The molecule has 21 heavy (non-hydrogen) atoms. The molecule has 0 spiro atoms. The standard InChI is InChI=1S/C13H12F4N2O2/c1-19-11(10(21-2)6-18-19)12(20)7-3-8(13(15,16)17)5-9(14)4-7/h3-6,12,20H,1-2H3. The van der Waals surface area contributed by atoms with Gasteiger partial charge in [-0.3, -0.25) is 4.68 Å². The highest BCUT2D eigenvalue weighted by molar-refractivity contribution is 5.37. The van der Waals surface area contributed by atoms with Gasteiger partial charge in [-0.1, -0.05) is 0 Å². The van der Waals surface area contributed by atoms with Crippen molar-refractivity contribution in [1.82, 2.24) is 9.78 Å². The van der Waals surface area contributed by atoms with Crippen LogP contribution in [0, 0.1) is 5.82 Å². The summed E-state index contributed by atoms with van der Waals surface area (Å²) in [6.07, 6.45) is -4.89. The lowest BCUT2D eigenvalue weighted by molar-refractivity contribution is -0.137. The number of hydrogen-bond donors (Lipinski definition) is 1. The Morgan fingerprint density at radius 2 is 1.95 bits per heavy atom. The van der Waals surface area contributed by atoms with Crippen molar-refractivity contribution < 1.29 is 27.4 Å². The smallest absolute Gasteiger partial charge is 0.416 e. The van der Waals surface area contributed by atoms with Crippen LogP contribution in [0.25, 0.3) is 0 Å². The molecule has 0 fully saturated rings. The first-order valence-electron chi connectivity index (χ1n) is 5.85. The summed E-state index contributed by atoms with van der Waals surface area (Å²) in [5.41, 5.74) is -1.27. The summed E-state index contributed by atoms with van der Waals surface area (Å²) in [5.74, 6) is -0.886. The van der Waals surface area contributed by atoms with Crippen LogP contribution in [0.1, 0.15) is 22.9 Å². The summed E-state index contributed by atoms with van der Waals surface area (Å²) in [5, 5.41) is 14.1. The number of halogens is 4. The van der Waals surface area contributed by atoms with Crippen LogP contribution in [0.2, 0.25) is 0 Å². The summed E-state index contributed by atoms with van der Waals surface area (Å²) < 4.78 is 57.7. The first kappa shape index (κ1) is 15.3. The fourth-order valence-corrected chi connectivity index (χ4v) is 1.99. The van der Waals surface area contributed by atoms with Crippen LogP contribution in [-0.2, 0) is 13.2 Å². The van der Waals surface area contributed by atoms with Gasteiger partial charge in [-0.2, -0.15) is 18.3 Å². The van der Waals surface area contributed by atoms with E-state index in [2.05, 4.69) is 5.10 Å². The maximum Gasteiger partial charge on any atom is 0.416 e. The number of rotatable bonds is 3. The Morgan fingerprint density at radius 3 is 2.52 bits per heavy atom. The van der Waals surface area contributed by atoms with E-state index < -0.39 is 23.7 Å². The minimum Gasteiger partial charge on any atom is -0.493 e. The average molecular weight is 304 g/mol. The second kappa shape index (κ2) is 5.36. The largest absolute Gasteiger partial charge is 0.493 e. The van der Waals surface area contributed by atoms with Crippen molar-refractivity contribution in [2.24, 2.45) is 7.05 Å². The average Bonchev–Trinajstić information content (AvgIpc) is 2.77. The third-order valence-electron chi connectivity index (χ3n) is 2.99. The molecule has 1 aromatic carbocycles. The van der Waals surface area contributed by atoms with Gasteiger partial charge in [0.05, 0.1) is 18.9 Å². The second-order valence-electron chi connectivity index (χ2n) is 4.40. The van der Waals surface area contributed by atoms with E-state index in [-0.39, 0.29) is 17.0 Å². The van der Waals surface area contributed by atoms with Crippen molar-refractivity contribution in [2.45, 2.75) is 12.3 Å². The zero-order valence-electron chi connectivity index (χ0n) is 11.1. The number of methoxy groups -OCH3 is 1. The van der Waals surface area contributed by atoms with Gasteiger partial charge < -0.3 is 9.84 Å². The van der Waals surface area contributed by atoms with Crippen molar-refractivity contribution in [3.63, 3.8) is 0 Å². The fraction of sp³-hybridized carbons (Fsp3) is 0.308. The lowest BCUT2D eigenvalue weighted by Crippen LogP contribution is -2.11. The molecule has 0 amide bonds. The molecule has 0 radical (unpaired) electrons. The molecule has 8 heteroatoms. The first-order valence-corrected chi connectivity index (χ1v) is 5.85. The van der Waals surface area contributed by atoms with E-state index in [1.54, 1.807) is 0 Å². The molecule has 1 heterocycles. The molecule has 1 N–H and O–H groups in total. The SMILES string of the molecule is COc1cnn(C)c1C(O)c1cc(F)cc(C(F)(F)F)c1. The van der Waals surface area contributed by atoms with E-state index in [1.807, 2.05) is 0 Å². The van der Waals surface area contributed by atoms with Gasteiger partial charge in [0, 0.05) is 7.05 Å². The summed E-state index contributed by atoms with van der Waals surface area (Å²) in [7, 11) is 2.82. The maximum atomic E-state index is 13.4. The minimum atomic E-state index is -4.70. The van der Waals surface area contributed by atoms with Gasteiger partial charge in [-0.25, -0.2) is 4.39 Å². The normalized spacial score (nSPS) is 13.3. The van der Waals surface area contributed by atoms with Gasteiger partial charge in [-0.15, -0.1) is 0 Å². The highest BCUT2D eigenvalue weighted by Gasteiger charge is 2.32. The number of benzene rings is 1. The molecule has 0 aliphatic rings. The third-order valence-corrected chi connectivity index (χ3v) is 2.99. The molecule has 0 saturated heterocycles. The van der Waals surface area contributed by atoms with Crippen LogP contribution in [0.3, 0.4) is 0 Å². The zero-order chi connectivity index (χ0) is 15.8. The van der Waals surface area contributed by atoms with Crippen molar-refractivity contribution in [1.29, 1.82) is 0 Å². The lowest BCUT2D eigenvalue weighted by Gasteiger charge is -2.15. The Bertz CT molecular complexity index is 652. The molecule has 0 aliphatic heterocycles. The third kappa shape index (κ3) is 2.99. The lowest BCUT2D eigenvalue weighted by atomic mass is 10.0. The van der Waals surface area contributed by atoms with E-state index in [1.165, 1.54) is 25.0 Å². The Balaban J connectivity index is 2.51. The summed E-state index contributed by atoms with van der Waals surface area (Å²) in [6, 6.07) is 1.91. The molecule has 2 aromatic rings. The van der Waals surface area contributed by atoms with Crippen LogP contribution in [0.4, 0.5) is 17.6 Å². The number of nitrogens with zero attached hydrogens (tertiary/aromatic N) is 2. The maximum absolute atomic E-state index is 13.4. The number of aliphatic hydroxyl groups excluding tert-OH is 1. The number of alkyl halides is 3. The van der Waals surface area contributed by atoms with Crippen molar-refractivity contribution in [2.75, 3.05) is 7.11 Å². The number of aliphatic hydroxyl groups is 1. The number of ether oxygens (including phenoxy) is 1. The van der Waals surface area contributed by atoms with Gasteiger partial charge >= 0.3 is 6.18 Å². The van der Waals surface area contributed by atoms with Crippen LogP contribution in [0.5, 0.6) is 5.75 Å². The molecule has 1 aromatic heterocycles. The second-order valence-corrected chi connectivity index (χ2v) is 4.40. The predicted molar refractivity (Wildman–Crippen MR) is 65.2 cm³/mol. The van der Waals surface area contributed by atoms with Crippen molar-refractivity contribution in [3.05, 3.63) is 47.0 Å². The molecule has 0 aliphatic carbocycles. The summed E-state index contributed by atoms with van der Waals surface area (Å²) in [6.45, 7) is 0. The van der Waals surface area contributed by atoms with E-state index in [0.717, 1.165) is 6.07 Å². The van der Waals surface area contributed by atoms with Gasteiger partial charge in [0.25, 0.3) is 0 Å². The molecular formula is C13H12F4N2O2. The zero-order valence-corrected chi connectivity index (χ0v) is 11.1. The van der Waals surface area contributed by atoms with Gasteiger partial charge in [0.2, 0.25) is 0 Å². The van der Waals surface area contributed by atoms with Crippen molar-refractivity contribution >= 4 is 0 Å². The molecule has 114 valence electrons. The van der Waals surface area contributed by atoms with E-state index in [4.69, 9.17) is 4.74 Å². The topological polar surface area (TPSA) is 47.3 Å². The highest BCUT2D eigenvalue weighted by atomic mass is 19.4. The molecule has 1 atom stereocenters. The first-order chi connectivity index (χ1) is 9.74. The van der Waals surface area contributed by atoms with Crippen LogP contribution in [-0.4, -0.2) is 22.0 Å². The van der Waals surface area contributed by atoms with Crippen LogP contribution < -0.4 is 4.74 Å². The summed E-state index contributed by atoms with van der Waals surface area (Å²) >= 11 is 0. The quantitative estimate of drug-likeness (QED) is 0.887. The fourth-order valence-electron chi connectivity index (χ4n) is 1.99. The predicted octanol–water partition coefficient (Wildman–Crippen LogP) is 2.67. The number of hydrogen-bond acceptors (Lipinski definition) is 3. The Labute approximate surface area is 117 Å². The molecule has 1 unspecified atom stereocenters. The molecule has 2 rings (SSSR count). The Hall–Kier alpha value is -2.09. The Kier molecular flexibility index (Phi) is 3.91. The minimum absolute atomic E-state index is 0.135.